The van der Waals surface area contributed by atoms with Crippen molar-refractivity contribution in [3.05, 3.63) is 80.4 Å². The van der Waals surface area contributed by atoms with Gasteiger partial charge in [0.2, 0.25) is 0 Å². The van der Waals surface area contributed by atoms with E-state index in [1.807, 2.05) is 30.3 Å². The molecule has 28 heavy (non-hydrogen) atoms. The molecule has 0 aliphatic carbocycles. The molecule has 1 unspecified atom stereocenters. The molecule has 0 spiro atoms. The Labute approximate surface area is 172 Å². The van der Waals surface area contributed by atoms with Gasteiger partial charge in [0.1, 0.15) is 0 Å². The molecule has 7 heteroatoms. The van der Waals surface area contributed by atoms with E-state index in [0.717, 1.165) is 30.9 Å². The second-order valence-corrected chi connectivity index (χ2v) is 8.55. The zero-order chi connectivity index (χ0) is 19.5. The molecule has 1 aliphatic heterocycles. The first-order valence-corrected chi connectivity index (χ1v) is 10.4. The number of halogens is 1. The minimum absolute atomic E-state index is 0.0424. The molecule has 0 bridgehead atoms. The number of thiophene rings is 1. The van der Waals surface area contributed by atoms with Gasteiger partial charge in [-0.1, -0.05) is 17.7 Å². The van der Waals surface area contributed by atoms with Crippen LogP contribution in [0.25, 0.3) is 5.69 Å². The molecular formula is C21H20ClN3O2S. The van der Waals surface area contributed by atoms with Crippen LogP contribution in [-0.4, -0.2) is 30.1 Å². The molecule has 1 aliphatic rings. The maximum Gasteiger partial charge on any atom is 0.261 e. The van der Waals surface area contributed by atoms with Crippen LogP contribution >= 0.6 is 22.9 Å². The van der Waals surface area contributed by atoms with Crippen molar-refractivity contribution in [1.29, 1.82) is 0 Å². The first kappa shape index (κ1) is 18.8. The fraction of sp³-hybridized carbons (Fsp3) is 0.238. The highest BCUT2D eigenvalue weighted by molar-refractivity contribution is 7.17. The van der Waals surface area contributed by atoms with Gasteiger partial charge in [0.05, 0.1) is 9.21 Å². The van der Waals surface area contributed by atoms with Crippen LogP contribution in [-0.2, 0) is 0 Å². The lowest BCUT2D eigenvalue weighted by molar-refractivity contribution is 0.0952. The van der Waals surface area contributed by atoms with E-state index in [-0.39, 0.29) is 11.5 Å². The summed E-state index contributed by atoms with van der Waals surface area (Å²) < 4.78 is 2.25. The van der Waals surface area contributed by atoms with Gasteiger partial charge >= 0.3 is 0 Å². The summed E-state index contributed by atoms with van der Waals surface area (Å²) in [5, 5.41) is 3.01. The molecule has 1 N–H and O–H groups in total. The molecule has 1 atom stereocenters. The molecule has 1 saturated heterocycles. The highest BCUT2D eigenvalue weighted by atomic mass is 35.5. The Morgan fingerprint density at radius 2 is 1.89 bits per heavy atom. The Morgan fingerprint density at radius 1 is 1.11 bits per heavy atom. The Kier molecular flexibility index (Phi) is 5.50. The lowest BCUT2D eigenvalue weighted by Crippen LogP contribution is -2.30. The average molecular weight is 414 g/mol. The third-order valence-electron chi connectivity index (χ3n) is 4.95. The minimum atomic E-state index is -0.0620. The zero-order valence-corrected chi connectivity index (χ0v) is 16.7. The van der Waals surface area contributed by atoms with Gasteiger partial charge in [-0.2, -0.15) is 0 Å². The van der Waals surface area contributed by atoms with Crippen molar-refractivity contribution in [3.63, 3.8) is 0 Å². The van der Waals surface area contributed by atoms with Crippen LogP contribution in [0.5, 0.6) is 0 Å². The molecule has 0 radical (unpaired) electrons. The second-order valence-electron chi connectivity index (χ2n) is 6.84. The molecule has 1 fully saturated rings. The van der Waals surface area contributed by atoms with E-state index < -0.39 is 0 Å². The van der Waals surface area contributed by atoms with Crippen molar-refractivity contribution >= 4 is 34.5 Å². The van der Waals surface area contributed by atoms with E-state index in [1.54, 1.807) is 35.0 Å². The second kappa shape index (κ2) is 8.20. The highest BCUT2D eigenvalue weighted by Crippen LogP contribution is 2.25. The van der Waals surface area contributed by atoms with Gasteiger partial charge in [0, 0.05) is 43.3 Å². The molecular weight excluding hydrogens is 394 g/mol. The number of nitrogens with one attached hydrogen (secondary N) is 1. The molecule has 4 rings (SSSR count). The zero-order valence-electron chi connectivity index (χ0n) is 15.2. The first-order valence-electron chi connectivity index (χ1n) is 9.17. The van der Waals surface area contributed by atoms with Crippen LogP contribution in [0, 0.1) is 5.92 Å². The molecule has 144 valence electrons. The van der Waals surface area contributed by atoms with Gasteiger partial charge in [-0.15, -0.1) is 11.3 Å². The van der Waals surface area contributed by atoms with Crippen LogP contribution in [0.1, 0.15) is 16.1 Å². The van der Waals surface area contributed by atoms with E-state index in [4.69, 9.17) is 11.6 Å². The standard InChI is InChI=1S/C21H20ClN3O2S/c22-19-9-8-18(28-19)21(27)23-13-15-10-12-24(14-15)16-4-6-17(7-5-16)25-11-2-1-3-20(25)26/h1-9,11,15H,10,12-14H2,(H,23,27). The fourth-order valence-electron chi connectivity index (χ4n) is 3.46. The number of carbonyl (C=O) groups excluding carboxylic acids is 1. The Morgan fingerprint density at radius 3 is 2.61 bits per heavy atom. The number of anilines is 1. The van der Waals surface area contributed by atoms with Crippen molar-refractivity contribution in [1.82, 2.24) is 9.88 Å². The number of nitrogens with zero attached hydrogens (tertiary/aromatic N) is 2. The first-order chi connectivity index (χ1) is 13.6. The summed E-state index contributed by atoms with van der Waals surface area (Å²) in [6, 6.07) is 16.7. The smallest absolute Gasteiger partial charge is 0.261 e. The average Bonchev–Trinajstić information content (AvgIpc) is 3.36. The van der Waals surface area contributed by atoms with Gasteiger partial charge in [0.15, 0.2) is 0 Å². The topological polar surface area (TPSA) is 54.3 Å². The van der Waals surface area contributed by atoms with Crippen LogP contribution < -0.4 is 15.8 Å². The van der Waals surface area contributed by atoms with E-state index >= 15 is 0 Å². The van der Waals surface area contributed by atoms with Crippen molar-refractivity contribution in [2.45, 2.75) is 6.42 Å². The Balaban J connectivity index is 1.34. The summed E-state index contributed by atoms with van der Waals surface area (Å²) >= 11 is 7.19. The monoisotopic (exact) mass is 413 g/mol. The third kappa shape index (κ3) is 4.13. The lowest BCUT2D eigenvalue weighted by Gasteiger charge is -2.19. The Hall–Kier alpha value is -2.57. The number of carbonyl (C=O) groups is 1. The van der Waals surface area contributed by atoms with E-state index in [9.17, 15) is 9.59 Å². The van der Waals surface area contributed by atoms with Crippen molar-refractivity contribution < 1.29 is 4.79 Å². The predicted octanol–water partition coefficient (Wildman–Crippen LogP) is 3.81. The summed E-state index contributed by atoms with van der Waals surface area (Å²) in [4.78, 5) is 27.1. The number of hydrogen-bond donors (Lipinski definition) is 1. The molecule has 5 nitrogen and oxygen atoms in total. The molecule has 1 aromatic carbocycles. The van der Waals surface area contributed by atoms with Gasteiger partial charge in [-0.05, 0) is 54.8 Å². The third-order valence-corrected chi connectivity index (χ3v) is 6.18. The largest absolute Gasteiger partial charge is 0.371 e. The normalized spacial score (nSPS) is 16.3. The fourth-order valence-corrected chi connectivity index (χ4v) is 4.42. The number of hydrogen-bond acceptors (Lipinski definition) is 4. The number of rotatable bonds is 5. The van der Waals surface area contributed by atoms with Crippen LogP contribution in [0.3, 0.4) is 0 Å². The maximum absolute atomic E-state index is 12.2. The van der Waals surface area contributed by atoms with Crippen molar-refractivity contribution in [2.24, 2.45) is 5.92 Å². The molecule has 2 aromatic heterocycles. The quantitative estimate of drug-likeness (QED) is 0.692. The van der Waals surface area contributed by atoms with Crippen LogP contribution in [0.15, 0.2) is 65.6 Å². The minimum Gasteiger partial charge on any atom is -0.371 e. The van der Waals surface area contributed by atoms with Crippen molar-refractivity contribution in [2.75, 3.05) is 24.5 Å². The van der Waals surface area contributed by atoms with E-state index in [2.05, 4.69) is 10.2 Å². The van der Waals surface area contributed by atoms with Crippen LogP contribution in [0.2, 0.25) is 4.34 Å². The summed E-state index contributed by atoms with van der Waals surface area (Å²) in [6.07, 6.45) is 2.80. The van der Waals surface area contributed by atoms with Gasteiger partial charge in [0.25, 0.3) is 11.5 Å². The highest BCUT2D eigenvalue weighted by Gasteiger charge is 2.23. The van der Waals surface area contributed by atoms with Gasteiger partial charge < -0.3 is 10.2 Å². The summed E-state index contributed by atoms with van der Waals surface area (Å²) in [7, 11) is 0. The summed E-state index contributed by atoms with van der Waals surface area (Å²) in [5.74, 6) is 0.351. The number of aromatic nitrogens is 1. The number of pyridine rings is 1. The number of benzene rings is 1. The van der Waals surface area contributed by atoms with Gasteiger partial charge in [-0.3, -0.25) is 14.2 Å². The molecule has 3 aromatic rings. The molecule has 3 heterocycles. The van der Waals surface area contributed by atoms with Crippen LogP contribution in [0.4, 0.5) is 5.69 Å². The van der Waals surface area contributed by atoms with E-state index in [0.29, 0.717) is 21.7 Å². The van der Waals surface area contributed by atoms with Gasteiger partial charge in [-0.25, -0.2) is 0 Å². The molecule has 1 amide bonds. The SMILES string of the molecule is O=C(NCC1CCN(c2ccc(-n3ccccc3=O)cc2)C1)c1ccc(Cl)s1. The predicted molar refractivity (Wildman–Crippen MR) is 114 cm³/mol. The maximum atomic E-state index is 12.2. The molecule has 0 saturated carbocycles. The lowest BCUT2D eigenvalue weighted by atomic mass is 10.1. The Bertz CT molecular complexity index is 1030. The summed E-state index contributed by atoms with van der Waals surface area (Å²) in [6.45, 7) is 2.51. The van der Waals surface area contributed by atoms with Crippen molar-refractivity contribution in [3.8, 4) is 5.69 Å². The van der Waals surface area contributed by atoms with E-state index in [1.165, 1.54) is 11.3 Å². The number of amides is 1. The summed E-state index contributed by atoms with van der Waals surface area (Å²) in [5.41, 5.74) is 1.94.